The molecule has 5 heteroatoms. The topological polar surface area (TPSA) is 75.4 Å². The first-order valence-electron chi connectivity index (χ1n) is 6.59. The fourth-order valence-corrected chi connectivity index (χ4v) is 2.15. The van der Waals surface area contributed by atoms with Crippen molar-refractivity contribution in [2.75, 3.05) is 0 Å². The SMILES string of the molecule is O=C(O)c1cc2cc(CNCc3ccccn3)ccc2o1. The van der Waals surface area contributed by atoms with Crippen molar-refractivity contribution in [3.05, 3.63) is 65.7 Å². The lowest BCUT2D eigenvalue weighted by atomic mass is 10.1. The second-order valence-corrected chi connectivity index (χ2v) is 4.71. The Hall–Kier alpha value is -2.66. The molecule has 0 aliphatic rings. The van der Waals surface area contributed by atoms with Crippen molar-refractivity contribution < 1.29 is 14.3 Å². The number of carboxylic acids is 1. The average Bonchev–Trinajstić information content (AvgIpc) is 2.92. The van der Waals surface area contributed by atoms with E-state index in [1.807, 2.05) is 30.3 Å². The van der Waals surface area contributed by atoms with Gasteiger partial charge in [-0.15, -0.1) is 0 Å². The van der Waals surface area contributed by atoms with E-state index in [0.717, 1.165) is 16.6 Å². The summed E-state index contributed by atoms with van der Waals surface area (Å²) in [5.41, 5.74) is 2.63. The Labute approximate surface area is 121 Å². The van der Waals surface area contributed by atoms with Gasteiger partial charge in [-0.25, -0.2) is 4.79 Å². The minimum atomic E-state index is -1.05. The van der Waals surface area contributed by atoms with Crippen LogP contribution in [0.4, 0.5) is 0 Å². The molecule has 0 saturated carbocycles. The third-order valence-corrected chi connectivity index (χ3v) is 3.15. The number of nitrogens with zero attached hydrogens (tertiary/aromatic N) is 1. The molecule has 0 unspecified atom stereocenters. The molecule has 5 nitrogen and oxygen atoms in total. The number of nitrogens with one attached hydrogen (secondary N) is 1. The average molecular weight is 282 g/mol. The number of carbonyl (C=O) groups is 1. The van der Waals surface area contributed by atoms with Gasteiger partial charge in [-0.2, -0.15) is 0 Å². The molecule has 0 atom stereocenters. The number of furan rings is 1. The fraction of sp³-hybridized carbons (Fsp3) is 0.125. The standard InChI is InChI=1S/C16H14N2O3/c19-16(20)15-8-12-7-11(4-5-14(12)21-15)9-17-10-13-3-1-2-6-18-13/h1-8,17H,9-10H2,(H,19,20). The molecule has 1 aromatic carbocycles. The summed E-state index contributed by atoms with van der Waals surface area (Å²) >= 11 is 0. The van der Waals surface area contributed by atoms with E-state index in [1.165, 1.54) is 0 Å². The molecule has 106 valence electrons. The number of rotatable bonds is 5. The van der Waals surface area contributed by atoms with Crippen molar-refractivity contribution in [3.8, 4) is 0 Å². The first-order chi connectivity index (χ1) is 10.2. The molecule has 2 aromatic heterocycles. The van der Waals surface area contributed by atoms with Gasteiger partial charge in [0.2, 0.25) is 5.76 Å². The van der Waals surface area contributed by atoms with Crippen molar-refractivity contribution in [2.24, 2.45) is 0 Å². The maximum absolute atomic E-state index is 10.9. The Morgan fingerprint density at radius 3 is 2.86 bits per heavy atom. The van der Waals surface area contributed by atoms with E-state index in [1.54, 1.807) is 18.3 Å². The monoisotopic (exact) mass is 282 g/mol. The van der Waals surface area contributed by atoms with Crippen LogP contribution in [0.5, 0.6) is 0 Å². The van der Waals surface area contributed by atoms with Crippen LogP contribution in [0.1, 0.15) is 21.8 Å². The number of aromatic nitrogens is 1. The second kappa shape index (κ2) is 5.76. The molecule has 2 N–H and O–H groups in total. The lowest BCUT2D eigenvalue weighted by molar-refractivity contribution is 0.0665. The van der Waals surface area contributed by atoms with Gasteiger partial charge in [0.15, 0.2) is 0 Å². The third kappa shape index (κ3) is 3.09. The van der Waals surface area contributed by atoms with E-state index >= 15 is 0 Å². The fourth-order valence-electron chi connectivity index (χ4n) is 2.15. The van der Waals surface area contributed by atoms with Gasteiger partial charge in [0.25, 0.3) is 0 Å². The van der Waals surface area contributed by atoms with Crippen LogP contribution >= 0.6 is 0 Å². The predicted octanol–water partition coefficient (Wildman–Crippen LogP) is 2.82. The van der Waals surface area contributed by atoms with Crippen LogP contribution in [-0.4, -0.2) is 16.1 Å². The lowest BCUT2D eigenvalue weighted by Gasteiger charge is -2.04. The number of hydrogen-bond acceptors (Lipinski definition) is 4. The molecule has 0 aliphatic heterocycles. The summed E-state index contributed by atoms with van der Waals surface area (Å²) in [4.78, 5) is 15.1. The number of aromatic carboxylic acids is 1. The minimum absolute atomic E-state index is 0.0383. The Balaban J connectivity index is 1.68. The Kier molecular flexibility index (Phi) is 3.66. The van der Waals surface area contributed by atoms with Gasteiger partial charge < -0.3 is 14.8 Å². The van der Waals surface area contributed by atoms with E-state index < -0.39 is 5.97 Å². The van der Waals surface area contributed by atoms with E-state index in [9.17, 15) is 4.79 Å². The Morgan fingerprint density at radius 1 is 1.19 bits per heavy atom. The molecule has 21 heavy (non-hydrogen) atoms. The number of benzene rings is 1. The van der Waals surface area contributed by atoms with Crippen LogP contribution in [0.2, 0.25) is 0 Å². The third-order valence-electron chi connectivity index (χ3n) is 3.15. The summed E-state index contributed by atoms with van der Waals surface area (Å²) in [7, 11) is 0. The number of fused-ring (bicyclic) bond motifs is 1. The van der Waals surface area contributed by atoms with Crippen molar-refractivity contribution in [1.29, 1.82) is 0 Å². The van der Waals surface area contributed by atoms with Gasteiger partial charge in [0.05, 0.1) is 5.69 Å². The molecule has 0 aliphatic carbocycles. The maximum Gasteiger partial charge on any atom is 0.371 e. The van der Waals surface area contributed by atoms with Gasteiger partial charge in [-0.1, -0.05) is 12.1 Å². The Morgan fingerprint density at radius 2 is 2.10 bits per heavy atom. The molecule has 0 saturated heterocycles. The van der Waals surface area contributed by atoms with E-state index in [-0.39, 0.29) is 5.76 Å². The summed E-state index contributed by atoms with van der Waals surface area (Å²) in [6.07, 6.45) is 1.77. The smallest absolute Gasteiger partial charge is 0.371 e. The predicted molar refractivity (Wildman–Crippen MR) is 78.0 cm³/mol. The Bertz CT molecular complexity index is 766. The highest BCUT2D eigenvalue weighted by molar-refractivity contribution is 5.91. The molecule has 2 heterocycles. The highest BCUT2D eigenvalue weighted by atomic mass is 16.4. The van der Waals surface area contributed by atoms with Crippen molar-refractivity contribution in [2.45, 2.75) is 13.1 Å². The van der Waals surface area contributed by atoms with Gasteiger partial charge in [0.1, 0.15) is 5.58 Å². The highest BCUT2D eigenvalue weighted by Crippen LogP contribution is 2.20. The summed E-state index contributed by atoms with van der Waals surface area (Å²) in [5, 5.41) is 13.0. The quantitative estimate of drug-likeness (QED) is 0.752. The summed E-state index contributed by atoms with van der Waals surface area (Å²) in [5.74, 6) is -1.09. The first-order valence-corrected chi connectivity index (χ1v) is 6.59. The molecule has 0 fully saturated rings. The van der Waals surface area contributed by atoms with Gasteiger partial charge >= 0.3 is 5.97 Å². The van der Waals surface area contributed by atoms with E-state index in [2.05, 4.69) is 10.3 Å². The van der Waals surface area contributed by atoms with Crippen LogP contribution in [0.25, 0.3) is 11.0 Å². The van der Waals surface area contributed by atoms with E-state index in [0.29, 0.717) is 18.7 Å². The molecule has 0 amide bonds. The molecule has 3 aromatic rings. The number of hydrogen-bond donors (Lipinski definition) is 2. The summed E-state index contributed by atoms with van der Waals surface area (Å²) in [6.45, 7) is 1.37. The molecule has 0 radical (unpaired) electrons. The summed E-state index contributed by atoms with van der Waals surface area (Å²) < 4.78 is 5.23. The zero-order chi connectivity index (χ0) is 14.7. The second-order valence-electron chi connectivity index (χ2n) is 4.71. The normalized spacial score (nSPS) is 10.9. The largest absolute Gasteiger partial charge is 0.475 e. The minimum Gasteiger partial charge on any atom is -0.475 e. The molecular weight excluding hydrogens is 268 g/mol. The van der Waals surface area contributed by atoms with Crippen LogP contribution in [0, 0.1) is 0 Å². The molecule has 0 bridgehead atoms. The molecular formula is C16H14N2O3. The maximum atomic E-state index is 10.9. The number of carboxylic acid groups (broad SMARTS) is 1. The van der Waals surface area contributed by atoms with Crippen molar-refractivity contribution in [1.82, 2.24) is 10.3 Å². The van der Waals surface area contributed by atoms with Crippen LogP contribution in [-0.2, 0) is 13.1 Å². The summed E-state index contributed by atoms with van der Waals surface area (Å²) in [6, 6.07) is 13.0. The van der Waals surface area contributed by atoms with Crippen LogP contribution in [0.3, 0.4) is 0 Å². The van der Waals surface area contributed by atoms with E-state index in [4.69, 9.17) is 9.52 Å². The molecule has 3 rings (SSSR count). The zero-order valence-corrected chi connectivity index (χ0v) is 11.2. The first kappa shape index (κ1) is 13.3. The number of pyridine rings is 1. The van der Waals surface area contributed by atoms with Gasteiger partial charge in [0, 0.05) is 24.7 Å². The van der Waals surface area contributed by atoms with Crippen molar-refractivity contribution >= 4 is 16.9 Å². The van der Waals surface area contributed by atoms with Crippen molar-refractivity contribution in [3.63, 3.8) is 0 Å². The van der Waals surface area contributed by atoms with Crippen LogP contribution in [0.15, 0.2) is 53.1 Å². The zero-order valence-electron chi connectivity index (χ0n) is 11.2. The highest BCUT2D eigenvalue weighted by Gasteiger charge is 2.10. The van der Waals surface area contributed by atoms with Gasteiger partial charge in [-0.3, -0.25) is 4.98 Å². The lowest BCUT2D eigenvalue weighted by Crippen LogP contribution is -2.13. The molecule has 0 spiro atoms. The van der Waals surface area contributed by atoms with Gasteiger partial charge in [-0.05, 0) is 35.9 Å². The van der Waals surface area contributed by atoms with Crippen LogP contribution < -0.4 is 5.32 Å².